The molecule has 1 fully saturated rings. The molecule has 4 nitrogen and oxygen atoms in total. The summed E-state index contributed by atoms with van der Waals surface area (Å²) in [5, 5.41) is 29.8. The number of carboxylic acids is 1. The Morgan fingerprint density at radius 2 is 1.76 bits per heavy atom. The summed E-state index contributed by atoms with van der Waals surface area (Å²) in [5.41, 5.74) is 2.18. The van der Waals surface area contributed by atoms with Gasteiger partial charge in [0.25, 0.3) is 0 Å². The van der Waals surface area contributed by atoms with E-state index in [1.165, 1.54) is 6.42 Å². The second kappa shape index (κ2) is 6.37. The molecule has 21 heavy (non-hydrogen) atoms. The largest absolute Gasteiger partial charge is 0.504 e. The molecule has 1 aromatic rings. The summed E-state index contributed by atoms with van der Waals surface area (Å²) in [6, 6.07) is 0. The van der Waals surface area contributed by atoms with E-state index in [2.05, 4.69) is 0 Å². The number of phenols is 2. The number of aromatic carboxylic acids is 1. The molecule has 0 heterocycles. The van der Waals surface area contributed by atoms with Crippen LogP contribution in [-0.2, 0) is 6.42 Å². The molecule has 0 amide bonds. The molecule has 0 aliphatic heterocycles. The Morgan fingerprint density at radius 1 is 1.14 bits per heavy atom. The molecule has 3 N–H and O–H groups in total. The maximum absolute atomic E-state index is 11.6. The smallest absolute Gasteiger partial charge is 0.339 e. The van der Waals surface area contributed by atoms with Gasteiger partial charge in [-0.15, -0.1) is 0 Å². The fourth-order valence-electron chi connectivity index (χ4n) is 3.59. The molecule has 0 aromatic heterocycles. The molecule has 1 aliphatic rings. The maximum Gasteiger partial charge on any atom is 0.339 e. The third kappa shape index (κ3) is 2.85. The predicted octanol–water partition coefficient (Wildman–Crippen LogP) is 4.10. The number of carbonyl (C=O) groups is 1. The van der Waals surface area contributed by atoms with Gasteiger partial charge in [-0.2, -0.15) is 0 Å². The number of carboxylic acid groups (broad SMARTS) is 1. The van der Waals surface area contributed by atoms with Gasteiger partial charge in [0.05, 0.1) is 0 Å². The van der Waals surface area contributed by atoms with Gasteiger partial charge in [-0.25, -0.2) is 4.79 Å². The van der Waals surface area contributed by atoms with Crippen molar-refractivity contribution in [2.75, 3.05) is 0 Å². The zero-order chi connectivity index (χ0) is 15.6. The lowest BCUT2D eigenvalue weighted by atomic mass is 9.78. The summed E-state index contributed by atoms with van der Waals surface area (Å²) < 4.78 is 0. The van der Waals surface area contributed by atoms with Gasteiger partial charge in [0, 0.05) is 5.56 Å². The van der Waals surface area contributed by atoms with Gasteiger partial charge < -0.3 is 15.3 Å². The van der Waals surface area contributed by atoms with Gasteiger partial charge in [-0.05, 0) is 43.2 Å². The molecule has 0 unspecified atom stereocenters. The number of phenolic OH excluding ortho intramolecular Hbond substituents is 1. The first kappa shape index (κ1) is 15.7. The van der Waals surface area contributed by atoms with Crippen LogP contribution in [-0.4, -0.2) is 21.3 Å². The van der Waals surface area contributed by atoms with Crippen LogP contribution in [0.3, 0.4) is 0 Å². The SMILES string of the molecule is CCCc1c(C)c(C2CCCCC2)c(C(=O)O)c(O)c1O. The van der Waals surface area contributed by atoms with Crippen molar-refractivity contribution in [3.63, 3.8) is 0 Å². The third-order valence-electron chi connectivity index (χ3n) is 4.60. The van der Waals surface area contributed by atoms with E-state index in [0.29, 0.717) is 12.0 Å². The number of aromatic hydroxyl groups is 2. The van der Waals surface area contributed by atoms with Gasteiger partial charge in [0.2, 0.25) is 0 Å². The highest BCUT2D eigenvalue weighted by molar-refractivity contribution is 5.95. The number of rotatable bonds is 4. The molecule has 0 bridgehead atoms. The fraction of sp³-hybridized carbons (Fsp3) is 0.588. The topological polar surface area (TPSA) is 77.8 Å². The zero-order valence-electron chi connectivity index (χ0n) is 12.8. The zero-order valence-corrected chi connectivity index (χ0v) is 12.8. The van der Waals surface area contributed by atoms with E-state index in [4.69, 9.17) is 0 Å². The minimum atomic E-state index is -1.16. The molecule has 1 aliphatic carbocycles. The highest BCUT2D eigenvalue weighted by atomic mass is 16.4. The highest BCUT2D eigenvalue weighted by Crippen LogP contribution is 2.45. The molecule has 2 rings (SSSR count). The Bertz CT molecular complexity index is 542. The van der Waals surface area contributed by atoms with Crippen LogP contribution in [0.5, 0.6) is 11.5 Å². The highest BCUT2D eigenvalue weighted by Gasteiger charge is 2.30. The van der Waals surface area contributed by atoms with Crippen molar-refractivity contribution in [3.8, 4) is 11.5 Å². The first-order chi connectivity index (χ1) is 9.99. The average Bonchev–Trinajstić information content (AvgIpc) is 2.47. The lowest BCUT2D eigenvalue weighted by molar-refractivity contribution is 0.0690. The Balaban J connectivity index is 2.66. The summed E-state index contributed by atoms with van der Waals surface area (Å²) in [6.45, 7) is 3.88. The Labute approximate surface area is 125 Å². The van der Waals surface area contributed by atoms with Crippen LogP contribution < -0.4 is 0 Å². The first-order valence-electron chi connectivity index (χ1n) is 7.79. The molecule has 0 spiro atoms. The fourth-order valence-corrected chi connectivity index (χ4v) is 3.59. The van der Waals surface area contributed by atoms with Gasteiger partial charge in [-0.3, -0.25) is 0 Å². The minimum absolute atomic E-state index is 0.100. The summed E-state index contributed by atoms with van der Waals surface area (Å²) in [6.07, 6.45) is 6.76. The van der Waals surface area contributed by atoms with Gasteiger partial charge >= 0.3 is 5.97 Å². The van der Waals surface area contributed by atoms with Crippen LogP contribution in [0, 0.1) is 6.92 Å². The summed E-state index contributed by atoms with van der Waals surface area (Å²) in [4.78, 5) is 11.6. The lowest BCUT2D eigenvalue weighted by Gasteiger charge is -2.27. The molecule has 1 aromatic carbocycles. The van der Waals surface area contributed by atoms with Crippen molar-refractivity contribution in [1.29, 1.82) is 0 Å². The number of hydrogen-bond acceptors (Lipinski definition) is 3. The predicted molar refractivity (Wildman–Crippen MR) is 81.3 cm³/mol. The normalized spacial score (nSPS) is 16.1. The Kier molecular flexibility index (Phi) is 4.76. The van der Waals surface area contributed by atoms with E-state index in [1.54, 1.807) is 0 Å². The van der Waals surface area contributed by atoms with E-state index in [1.807, 2.05) is 13.8 Å². The average molecular weight is 292 g/mol. The van der Waals surface area contributed by atoms with Crippen LogP contribution >= 0.6 is 0 Å². The summed E-state index contributed by atoms with van der Waals surface area (Å²) in [7, 11) is 0. The monoisotopic (exact) mass is 292 g/mol. The molecule has 0 atom stereocenters. The van der Waals surface area contributed by atoms with E-state index >= 15 is 0 Å². The van der Waals surface area contributed by atoms with Crippen molar-refractivity contribution in [2.45, 2.75) is 64.7 Å². The minimum Gasteiger partial charge on any atom is -0.504 e. The number of benzene rings is 1. The molecular formula is C17H24O4. The number of hydrogen-bond donors (Lipinski definition) is 3. The molecule has 4 heteroatoms. The van der Waals surface area contributed by atoms with Crippen molar-refractivity contribution < 1.29 is 20.1 Å². The quantitative estimate of drug-likeness (QED) is 0.730. The summed E-state index contributed by atoms with van der Waals surface area (Å²) in [5.74, 6) is -1.70. The maximum atomic E-state index is 11.6. The first-order valence-corrected chi connectivity index (χ1v) is 7.79. The van der Waals surface area contributed by atoms with Gasteiger partial charge in [0.1, 0.15) is 5.56 Å². The Morgan fingerprint density at radius 3 is 2.29 bits per heavy atom. The lowest BCUT2D eigenvalue weighted by Crippen LogP contribution is -2.14. The van der Waals surface area contributed by atoms with Gasteiger partial charge in [-0.1, -0.05) is 32.6 Å². The van der Waals surface area contributed by atoms with Crippen LogP contribution in [0.15, 0.2) is 0 Å². The molecule has 0 radical (unpaired) electrons. The van der Waals surface area contributed by atoms with Crippen LogP contribution in [0.25, 0.3) is 0 Å². The van der Waals surface area contributed by atoms with Crippen LogP contribution in [0.1, 0.15) is 78.4 Å². The second-order valence-electron chi connectivity index (χ2n) is 5.98. The van der Waals surface area contributed by atoms with Crippen molar-refractivity contribution >= 4 is 5.97 Å². The van der Waals surface area contributed by atoms with Crippen LogP contribution in [0.2, 0.25) is 0 Å². The van der Waals surface area contributed by atoms with Crippen molar-refractivity contribution in [3.05, 3.63) is 22.3 Å². The molecule has 0 saturated heterocycles. The molecular weight excluding hydrogens is 268 g/mol. The van der Waals surface area contributed by atoms with Gasteiger partial charge in [0.15, 0.2) is 11.5 Å². The van der Waals surface area contributed by atoms with E-state index < -0.39 is 11.7 Å². The summed E-state index contributed by atoms with van der Waals surface area (Å²) >= 11 is 0. The Hall–Kier alpha value is -1.71. The molecule has 116 valence electrons. The van der Waals surface area contributed by atoms with E-state index in [-0.39, 0.29) is 17.2 Å². The van der Waals surface area contributed by atoms with E-state index in [9.17, 15) is 20.1 Å². The van der Waals surface area contributed by atoms with Crippen molar-refractivity contribution in [2.24, 2.45) is 0 Å². The third-order valence-corrected chi connectivity index (χ3v) is 4.60. The van der Waals surface area contributed by atoms with E-state index in [0.717, 1.165) is 43.2 Å². The second-order valence-corrected chi connectivity index (χ2v) is 5.98. The standard InChI is InChI=1S/C17H24O4/c1-3-7-12-10(2)13(11-8-5-4-6-9-11)14(17(20)21)16(19)15(12)18/h11,18-19H,3-9H2,1-2H3,(H,20,21). The van der Waals surface area contributed by atoms with Crippen LogP contribution in [0.4, 0.5) is 0 Å². The van der Waals surface area contributed by atoms with Crippen molar-refractivity contribution in [1.82, 2.24) is 0 Å². The molecule has 1 saturated carbocycles.